The van der Waals surface area contributed by atoms with E-state index in [1.54, 1.807) is 5.32 Å². The molecule has 0 fully saturated rings. The Morgan fingerprint density at radius 3 is 1.29 bits per heavy atom. The molecule has 0 spiro atoms. The second-order valence-electron chi connectivity index (χ2n) is 3.28. The molecule has 0 rings (SSSR count). The summed E-state index contributed by atoms with van der Waals surface area (Å²) in [7, 11) is 0. The van der Waals surface area contributed by atoms with Gasteiger partial charge in [-0.05, 0) is 0 Å². The van der Waals surface area contributed by atoms with Crippen molar-refractivity contribution in [3.05, 3.63) is 0 Å². The summed E-state index contributed by atoms with van der Waals surface area (Å²) in [5, 5.41) is 34.1. The molecule has 0 aromatic carbocycles. The fraction of sp³-hybridized carbons (Fsp3) is 0.444. The molecule has 0 aromatic heterocycles. The summed E-state index contributed by atoms with van der Waals surface area (Å²) >= 11 is 0. The molecule has 0 aliphatic carbocycles. The first-order valence-corrected chi connectivity index (χ1v) is 5.00. The van der Waals surface area contributed by atoms with Crippen LogP contribution in [0.15, 0.2) is 0 Å². The summed E-state index contributed by atoms with van der Waals surface area (Å²) in [5.74, 6) is -4.91. The number of primary amides is 1. The van der Waals surface area contributed by atoms with Gasteiger partial charge in [0.15, 0.2) is 0 Å². The van der Waals surface area contributed by atoms with E-state index in [0.717, 1.165) is 0 Å². The second kappa shape index (κ2) is 24.4. The van der Waals surface area contributed by atoms with Gasteiger partial charge in [-0.3, -0.25) is 14.4 Å². The third kappa shape index (κ3) is 34.7. The third-order valence-corrected chi connectivity index (χ3v) is 1.55. The summed E-state index contributed by atoms with van der Waals surface area (Å²) in [6.45, 7) is 0. The van der Waals surface area contributed by atoms with Crippen molar-refractivity contribution >= 4 is 156 Å². The van der Waals surface area contributed by atoms with Gasteiger partial charge in [-0.25, -0.2) is 9.59 Å². The van der Waals surface area contributed by atoms with Crippen molar-refractivity contribution in [1.82, 2.24) is 5.32 Å². The predicted molar refractivity (Wildman–Crippen MR) is 90.9 cm³/mol. The van der Waals surface area contributed by atoms with Gasteiger partial charge >= 0.3 is 156 Å². The van der Waals surface area contributed by atoms with Crippen molar-refractivity contribution in [2.75, 3.05) is 0 Å². The summed E-state index contributed by atoms with van der Waals surface area (Å²) in [4.78, 5) is 49.7. The summed E-state index contributed by atoms with van der Waals surface area (Å²) in [5.41, 5.74) is 4.60. The molecule has 0 saturated carbocycles. The van der Waals surface area contributed by atoms with E-state index >= 15 is 0 Å². The Hall–Kier alpha value is 1.41. The fourth-order valence-corrected chi connectivity index (χ4v) is 0.760. The number of nitrogens with one attached hydrogen (secondary N) is 1. The first kappa shape index (κ1) is 40.2. The van der Waals surface area contributed by atoms with Crippen molar-refractivity contribution < 1.29 is 44.4 Å². The van der Waals surface area contributed by atoms with Crippen LogP contribution in [0.5, 0.6) is 0 Å². The number of urea groups is 1. The fourth-order valence-electron chi connectivity index (χ4n) is 0.760. The van der Waals surface area contributed by atoms with Gasteiger partial charge in [0.05, 0.1) is 19.3 Å². The second-order valence-corrected chi connectivity index (χ2v) is 3.28. The van der Waals surface area contributed by atoms with Crippen LogP contribution in [0.1, 0.15) is 19.3 Å². The number of carbonyl (C=O) groups is 5. The molecule has 1 atom stereocenters. The number of hydrogen-bond donors (Lipinski definition) is 6. The van der Waals surface area contributed by atoms with Gasteiger partial charge in [-0.15, -0.1) is 0 Å². The number of carboxylic acid groups (broad SMARTS) is 4. The number of carbonyl (C=O) groups excluding carboxylic acids is 1. The summed E-state index contributed by atoms with van der Waals surface area (Å²) in [6, 6.07) is -2.54. The third-order valence-electron chi connectivity index (χ3n) is 1.55. The van der Waals surface area contributed by atoms with Crippen molar-refractivity contribution in [2.45, 2.75) is 25.3 Å². The standard InChI is InChI=1S/C5H8N2O5.C4H6O4.Ca.3Na.5H/c6-5(12)7-2(4(10)11)1-3(8)9;5-3(6)1-2-4(7)8;;;;;;;;;/h2H,1H2,(H,8,9)(H,10,11)(H3,6,7,12);1-2H2,(H,5,6)(H,7,8);;;;;;;;;. The van der Waals surface area contributed by atoms with Gasteiger partial charge in [0, 0.05) is 0 Å². The molecule has 15 heteroatoms. The molecule has 0 bridgehead atoms. The average Bonchev–Trinajstić information content (AvgIpc) is 2.25. The number of aliphatic carboxylic acids is 4. The van der Waals surface area contributed by atoms with Crippen molar-refractivity contribution in [3.63, 3.8) is 0 Å². The molecule has 0 radical (unpaired) electrons. The molecule has 0 aliphatic rings. The zero-order valence-electron chi connectivity index (χ0n) is 10.1. The van der Waals surface area contributed by atoms with Gasteiger partial charge in [-0.2, -0.15) is 0 Å². The minimum atomic E-state index is -1.47. The van der Waals surface area contributed by atoms with Crippen molar-refractivity contribution in [2.24, 2.45) is 5.73 Å². The monoisotopic (exact) mass is 408 g/mol. The number of nitrogens with two attached hydrogens (primary N) is 1. The van der Waals surface area contributed by atoms with E-state index in [9.17, 15) is 24.0 Å². The van der Waals surface area contributed by atoms with E-state index < -0.39 is 42.4 Å². The van der Waals surface area contributed by atoms with Crippen molar-refractivity contribution in [3.8, 4) is 0 Å². The van der Waals surface area contributed by atoms with Crippen LogP contribution >= 0.6 is 0 Å². The topological polar surface area (TPSA) is 204 Å². The molecule has 0 heterocycles. The number of rotatable bonds is 7. The van der Waals surface area contributed by atoms with E-state index in [-0.39, 0.29) is 139 Å². The van der Waals surface area contributed by atoms with Crippen LogP contribution in [0.3, 0.4) is 0 Å². The first-order valence-electron chi connectivity index (χ1n) is 5.00. The van der Waals surface area contributed by atoms with Crippen LogP contribution in [0.4, 0.5) is 4.79 Å². The summed E-state index contributed by atoms with van der Waals surface area (Å²) in [6.07, 6.45) is -1.29. The van der Waals surface area contributed by atoms with Crippen LogP contribution in [0.25, 0.3) is 0 Å². The van der Waals surface area contributed by atoms with Crippen LogP contribution in [0.2, 0.25) is 0 Å². The minimum absolute atomic E-state index is 0. The number of carboxylic acids is 4. The molecule has 0 saturated heterocycles. The normalized spacial score (nSPS) is 8.67. The Balaban J connectivity index is -0.0000000609. The van der Waals surface area contributed by atoms with E-state index in [0.29, 0.717) is 0 Å². The molecule has 0 aliphatic heterocycles. The molecule has 24 heavy (non-hydrogen) atoms. The van der Waals surface area contributed by atoms with E-state index in [2.05, 4.69) is 5.73 Å². The van der Waals surface area contributed by atoms with Crippen molar-refractivity contribution in [1.29, 1.82) is 0 Å². The van der Waals surface area contributed by atoms with E-state index in [1.165, 1.54) is 0 Å². The molecule has 11 nitrogen and oxygen atoms in total. The molecule has 0 aromatic rings. The Labute approximate surface area is 233 Å². The van der Waals surface area contributed by atoms with E-state index in [4.69, 9.17) is 20.4 Å². The Morgan fingerprint density at radius 2 is 1.12 bits per heavy atom. The molecule has 1 unspecified atom stereocenters. The van der Waals surface area contributed by atoms with E-state index in [1.807, 2.05) is 0 Å². The van der Waals surface area contributed by atoms with Gasteiger partial charge in [0.25, 0.3) is 0 Å². The zero-order valence-corrected chi connectivity index (χ0v) is 10.1. The quantitative estimate of drug-likeness (QED) is 0.225. The predicted octanol–water partition coefficient (Wildman–Crippen LogP) is -4.34. The van der Waals surface area contributed by atoms with Gasteiger partial charge in [-0.1, -0.05) is 0 Å². The average molecular weight is 408 g/mol. The molecule has 2 amide bonds. The Kier molecular flexibility index (Phi) is 40.9. The first-order chi connectivity index (χ1) is 9.06. The van der Waals surface area contributed by atoms with Gasteiger partial charge < -0.3 is 31.5 Å². The van der Waals surface area contributed by atoms with Gasteiger partial charge in [0.2, 0.25) is 0 Å². The van der Waals surface area contributed by atoms with Crippen LogP contribution in [-0.4, -0.2) is 183 Å². The zero-order chi connectivity index (χ0) is 16.3. The molecule has 124 valence electrons. The SMILES string of the molecule is NC(=O)NC(CC(=O)O)C(=O)O.O=C(O)CCC(=O)O.[CaH2].[NaH].[NaH].[NaH]. The summed E-state index contributed by atoms with van der Waals surface area (Å²) < 4.78 is 0. The Morgan fingerprint density at radius 1 is 0.792 bits per heavy atom. The maximum atomic E-state index is 10.2. The molecular weight excluding hydrogens is 389 g/mol. The van der Waals surface area contributed by atoms with Crippen LogP contribution in [0, 0.1) is 0 Å². The number of amides is 2. The molecular formula is C9H19CaN2Na3O9. The van der Waals surface area contributed by atoms with Gasteiger partial charge in [0.1, 0.15) is 6.04 Å². The maximum absolute atomic E-state index is 10.2. The molecule has 7 N–H and O–H groups in total. The Bertz CT molecular complexity index is 382. The van der Waals surface area contributed by atoms with Crippen LogP contribution < -0.4 is 11.1 Å². The number of hydrogen-bond acceptors (Lipinski definition) is 5. The van der Waals surface area contributed by atoms with Crippen LogP contribution in [-0.2, 0) is 19.2 Å².